The topological polar surface area (TPSA) is 90.7 Å². The number of carbonyl (C=O) groups excluding carboxylic acids is 1. The SMILES string of the molecule is C[C@@H](OC[C@H]1CCCCO1)C(=O)Nc1ccc(F)cc1[N+](=O)[O-]. The molecule has 1 aromatic rings. The summed E-state index contributed by atoms with van der Waals surface area (Å²) in [5, 5.41) is 13.3. The number of ether oxygens (including phenoxy) is 2. The zero-order chi connectivity index (χ0) is 16.8. The van der Waals surface area contributed by atoms with E-state index in [-0.39, 0.29) is 11.8 Å². The molecule has 0 aliphatic carbocycles. The van der Waals surface area contributed by atoms with Crippen molar-refractivity contribution >= 4 is 17.3 Å². The lowest BCUT2D eigenvalue weighted by Crippen LogP contribution is -2.32. The molecule has 1 N–H and O–H groups in total. The van der Waals surface area contributed by atoms with Crippen LogP contribution in [0.1, 0.15) is 26.2 Å². The Balaban J connectivity index is 1.91. The molecule has 0 saturated carbocycles. The standard InChI is InChI=1S/C15H19FN2O5/c1-10(23-9-12-4-2-3-7-22-12)15(19)17-13-6-5-11(16)8-14(13)18(20)21/h5-6,8,10,12H,2-4,7,9H2,1H3,(H,17,19)/t10-,12-/m1/s1. The minimum Gasteiger partial charge on any atom is -0.376 e. The van der Waals surface area contributed by atoms with Crippen molar-refractivity contribution in [2.24, 2.45) is 0 Å². The first-order chi connectivity index (χ1) is 11.0. The highest BCUT2D eigenvalue weighted by Gasteiger charge is 2.22. The van der Waals surface area contributed by atoms with Crippen molar-refractivity contribution in [3.8, 4) is 0 Å². The second kappa shape index (κ2) is 7.98. The van der Waals surface area contributed by atoms with Crippen LogP contribution in [-0.2, 0) is 14.3 Å². The summed E-state index contributed by atoms with van der Waals surface area (Å²) in [5.41, 5.74) is -0.563. The molecule has 0 unspecified atom stereocenters. The Labute approximate surface area is 132 Å². The Morgan fingerprint density at radius 1 is 1.57 bits per heavy atom. The second-order valence-electron chi connectivity index (χ2n) is 5.37. The van der Waals surface area contributed by atoms with Crippen molar-refractivity contribution in [3.63, 3.8) is 0 Å². The lowest BCUT2D eigenvalue weighted by molar-refractivity contribution is -0.384. The molecule has 1 amide bonds. The number of nitrogens with one attached hydrogen (secondary N) is 1. The van der Waals surface area contributed by atoms with Gasteiger partial charge in [0.05, 0.1) is 23.7 Å². The largest absolute Gasteiger partial charge is 0.376 e. The molecule has 1 aliphatic heterocycles. The quantitative estimate of drug-likeness (QED) is 0.641. The fraction of sp³-hybridized carbons (Fsp3) is 0.533. The maximum Gasteiger partial charge on any atom is 0.295 e. The first-order valence-corrected chi connectivity index (χ1v) is 7.45. The van der Waals surface area contributed by atoms with Gasteiger partial charge in [-0.15, -0.1) is 0 Å². The summed E-state index contributed by atoms with van der Waals surface area (Å²) in [6.45, 7) is 2.53. The molecule has 8 heteroatoms. The second-order valence-corrected chi connectivity index (χ2v) is 5.37. The van der Waals surface area contributed by atoms with Gasteiger partial charge in [-0.2, -0.15) is 0 Å². The zero-order valence-corrected chi connectivity index (χ0v) is 12.8. The third kappa shape index (κ3) is 4.97. The Morgan fingerprint density at radius 3 is 3.00 bits per heavy atom. The van der Waals surface area contributed by atoms with Crippen molar-refractivity contribution in [1.29, 1.82) is 0 Å². The summed E-state index contributed by atoms with van der Waals surface area (Å²) in [6, 6.07) is 2.96. The lowest BCUT2D eigenvalue weighted by Gasteiger charge is -2.23. The van der Waals surface area contributed by atoms with E-state index in [1.54, 1.807) is 6.92 Å². The molecule has 126 valence electrons. The fourth-order valence-electron chi connectivity index (χ4n) is 2.26. The number of benzene rings is 1. The highest BCUT2D eigenvalue weighted by atomic mass is 19.1. The third-order valence-electron chi connectivity index (χ3n) is 3.59. The van der Waals surface area contributed by atoms with Crippen LogP contribution >= 0.6 is 0 Å². The van der Waals surface area contributed by atoms with Crippen molar-refractivity contribution in [1.82, 2.24) is 0 Å². The summed E-state index contributed by atoms with van der Waals surface area (Å²) in [5.74, 6) is -1.27. The highest BCUT2D eigenvalue weighted by molar-refractivity contribution is 5.95. The van der Waals surface area contributed by atoms with E-state index in [1.165, 1.54) is 0 Å². The molecule has 7 nitrogen and oxygen atoms in total. The predicted molar refractivity (Wildman–Crippen MR) is 80.7 cm³/mol. The van der Waals surface area contributed by atoms with Crippen LogP contribution in [0.3, 0.4) is 0 Å². The molecule has 1 fully saturated rings. The van der Waals surface area contributed by atoms with E-state index < -0.39 is 28.4 Å². The monoisotopic (exact) mass is 326 g/mol. The van der Waals surface area contributed by atoms with Gasteiger partial charge in [-0.1, -0.05) is 0 Å². The number of hydrogen-bond acceptors (Lipinski definition) is 5. The van der Waals surface area contributed by atoms with Gasteiger partial charge in [-0.25, -0.2) is 4.39 Å². The van der Waals surface area contributed by atoms with Gasteiger partial charge >= 0.3 is 0 Å². The van der Waals surface area contributed by atoms with Crippen molar-refractivity contribution in [2.45, 2.75) is 38.4 Å². The van der Waals surface area contributed by atoms with Gasteiger partial charge < -0.3 is 14.8 Å². The van der Waals surface area contributed by atoms with Crippen molar-refractivity contribution in [2.75, 3.05) is 18.5 Å². The number of nitro groups is 1. The maximum atomic E-state index is 13.1. The van der Waals surface area contributed by atoms with Crippen LogP contribution in [0.25, 0.3) is 0 Å². The Morgan fingerprint density at radius 2 is 2.35 bits per heavy atom. The number of hydrogen-bond donors (Lipinski definition) is 1. The predicted octanol–water partition coefficient (Wildman–Crippen LogP) is 2.65. The molecule has 0 bridgehead atoms. The zero-order valence-electron chi connectivity index (χ0n) is 12.8. The van der Waals surface area contributed by atoms with Crippen LogP contribution in [0.15, 0.2) is 18.2 Å². The number of carbonyl (C=O) groups is 1. The van der Waals surface area contributed by atoms with Gasteiger partial charge in [0.1, 0.15) is 17.6 Å². The van der Waals surface area contributed by atoms with Gasteiger partial charge in [0, 0.05) is 6.61 Å². The molecule has 0 spiro atoms. The molecular weight excluding hydrogens is 307 g/mol. The van der Waals surface area contributed by atoms with Crippen LogP contribution < -0.4 is 5.32 Å². The molecule has 1 aromatic carbocycles. The fourth-order valence-corrected chi connectivity index (χ4v) is 2.26. The average molecular weight is 326 g/mol. The Kier molecular flexibility index (Phi) is 6.00. The smallest absolute Gasteiger partial charge is 0.295 e. The number of nitro benzene ring substituents is 1. The first kappa shape index (κ1) is 17.3. The Hall–Kier alpha value is -2.06. The molecule has 2 rings (SSSR count). The number of nitrogens with zero attached hydrogens (tertiary/aromatic N) is 1. The van der Waals surface area contributed by atoms with E-state index >= 15 is 0 Å². The lowest BCUT2D eigenvalue weighted by atomic mass is 10.1. The van der Waals surface area contributed by atoms with Gasteiger partial charge in [-0.05, 0) is 38.3 Å². The van der Waals surface area contributed by atoms with E-state index in [0.29, 0.717) is 13.2 Å². The molecule has 1 saturated heterocycles. The van der Waals surface area contributed by atoms with Crippen LogP contribution in [0, 0.1) is 15.9 Å². The molecular formula is C15H19FN2O5. The summed E-state index contributed by atoms with van der Waals surface area (Å²) in [4.78, 5) is 22.2. The van der Waals surface area contributed by atoms with E-state index in [0.717, 1.165) is 37.5 Å². The molecule has 1 aliphatic rings. The average Bonchev–Trinajstić information content (AvgIpc) is 2.55. The summed E-state index contributed by atoms with van der Waals surface area (Å²) in [7, 11) is 0. The maximum absolute atomic E-state index is 13.1. The minimum absolute atomic E-state index is 0.0286. The molecule has 1 heterocycles. The number of anilines is 1. The Bertz CT molecular complexity index is 575. The third-order valence-corrected chi connectivity index (χ3v) is 3.59. The minimum atomic E-state index is -0.801. The van der Waals surface area contributed by atoms with E-state index in [9.17, 15) is 19.3 Å². The summed E-state index contributed by atoms with van der Waals surface area (Å²) >= 11 is 0. The van der Waals surface area contributed by atoms with Crippen LogP contribution in [0.5, 0.6) is 0 Å². The van der Waals surface area contributed by atoms with Crippen molar-refractivity contribution in [3.05, 3.63) is 34.1 Å². The van der Waals surface area contributed by atoms with E-state index in [2.05, 4.69) is 5.32 Å². The molecule has 0 radical (unpaired) electrons. The van der Waals surface area contributed by atoms with Crippen LogP contribution in [0.2, 0.25) is 0 Å². The molecule has 23 heavy (non-hydrogen) atoms. The summed E-state index contributed by atoms with van der Waals surface area (Å²) < 4.78 is 24.0. The van der Waals surface area contributed by atoms with Gasteiger partial charge in [0.15, 0.2) is 0 Å². The molecule has 0 aromatic heterocycles. The summed E-state index contributed by atoms with van der Waals surface area (Å²) in [6.07, 6.45) is 2.15. The number of amides is 1. The highest BCUT2D eigenvalue weighted by Crippen LogP contribution is 2.25. The van der Waals surface area contributed by atoms with E-state index in [4.69, 9.17) is 9.47 Å². The van der Waals surface area contributed by atoms with Gasteiger partial charge in [0.2, 0.25) is 0 Å². The number of rotatable bonds is 6. The van der Waals surface area contributed by atoms with E-state index in [1.807, 2.05) is 0 Å². The van der Waals surface area contributed by atoms with Crippen LogP contribution in [-0.4, -0.2) is 36.3 Å². The normalized spacial score (nSPS) is 19.1. The van der Waals surface area contributed by atoms with Crippen LogP contribution in [0.4, 0.5) is 15.8 Å². The van der Waals surface area contributed by atoms with Gasteiger partial charge in [0.25, 0.3) is 11.6 Å². The molecule has 2 atom stereocenters. The first-order valence-electron chi connectivity index (χ1n) is 7.45. The van der Waals surface area contributed by atoms with Crippen molar-refractivity contribution < 1.29 is 23.6 Å². The number of halogens is 1. The van der Waals surface area contributed by atoms with Gasteiger partial charge in [-0.3, -0.25) is 14.9 Å².